The maximum atomic E-state index is 12.7. The number of nitro benzene ring substituents is 1. The molecular weight excluding hydrogens is 384 g/mol. The Morgan fingerprint density at radius 2 is 1.67 bits per heavy atom. The Bertz CT molecular complexity index is 1150. The molecule has 8 heteroatoms. The van der Waals surface area contributed by atoms with Crippen molar-refractivity contribution in [2.45, 2.75) is 13.1 Å². The molecular formula is C22H18N4O4. The van der Waals surface area contributed by atoms with Crippen LogP contribution in [-0.4, -0.2) is 26.3 Å². The van der Waals surface area contributed by atoms with Crippen LogP contribution < -0.4 is 5.32 Å². The molecule has 0 saturated carbocycles. The summed E-state index contributed by atoms with van der Waals surface area (Å²) in [5, 5.41) is 13.9. The van der Waals surface area contributed by atoms with Crippen LogP contribution in [-0.2, 0) is 17.9 Å². The first-order chi connectivity index (χ1) is 14.5. The summed E-state index contributed by atoms with van der Waals surface area (Å²) in [5.41, 5.74) is 2.24. The number of amides is 3. The lowest BCUT2D eigenvalue weighted by Crippen LogP contribution is -2.30. The summed E-state index contributed by atoms with van der Waals surface area (Å²) in [6.45, 7) is 0.444. The predicted octanol–water partition coefficient (Wildman–Crippen LogP) is 3.54. The second kappa shape index (κ2) is 8.04. The molecule has 0 unspecified atom stereocenters. The van der Waals surface area contributed by atoms with E-state index in [0.29, 0.717) is 11.3 Å². The smallest absolute Gasteiger partial charge is 0.329 e. The van der Waals surface area contributed by atoms with E-state index in [1.54, 1.807) is 47.2 Å². The number of nitro groups is 1. The number of hydrogen-bond donors (Lipinski definition) is 1. The van der Waals surface area contributed by atoms with Gasteiger partial charge in [0, 0.05) is 23.5 Å². The van der Waals surface area contributed by atoms with E-state index in [0.717, 1.165) is 10.5 Å². The number of carbonyl (C=O) groups excluding carboxylic acids is 2. The molecule has 1 N–H and O–H groups in total. The number of nitrogens with zero attached hydrogens (tertiary/aromatic N) is 3. The van der Waals surface area contributed by atoms with Crippen LogP contribution in [0.1, 0.15) is 16.8 Å². The fourth-order valence-corrected chi connectivity index (χ4v) is 3.34. The fraction of sp³-hybridized carbons (Fsp3) is 0.0909. The quantitative estimate of drug-likeness (QED) is 0.295. The van der Waals surface area contributed by atoms with Crippen molar-refractivity contribution in [2.75, 3.05) is 0 Å². The van der Waals surface area contributed by atoms with E-state index in [1.807, 2.05) is 30.3 Å². The van der Waals surface area contributed by atoms with Gasteiger partial charge in [0.2, 0.25) is 0 Å². The molecule has 30 heavy (non-hydrogen) atoms. The normalized spacial score (nSPS) is 14.9. The van der Waals surface area contributed by atoms with Gasteiger partial charge in [-0.05, 0) is 23.8 Å². The largest absolute Gasteiger partial charge is 0.343 e. The molecule has 4 rings (SSSR count). The lowest BCUT2D eigenvalue weighted by Gasteiger charge is -2.11. The van der Waals surface area contributed by atoms with Gasteiger partial charge in [-0.3, -0.25) is 19.8 Å². The summed E-state index contributed by atoms with van der Waals surface area (Å²) in [5.74, 6) is -0.415. The maximum absolute atomic E-state index is 12.7. The van der Waals surface area contributed by atoms with Gasteiger partial charge in [-0.2, -0.15) is 0 Å². The summed E-state index contributed by atoms with van der Waals surface area (Å²) in [6.07, 6.45) is 3.35. The Morgan fingerprint density at radius 1 is 0.933 bits per heavy atom. The SMILES string of the molecule is O=C1N/C(=C/c2cccn2Cc2ccccc2[N+](=O)[O-])C(=O)N1Cc1ccccc1. The van der Waals surface area contributed by atoms with Crippen LogP contribution in [0.3, 0.4) is 0 Å². The molecule has 0 radical (unpaired) electrons. The zero-order chi connectivity index (χ0) is 21.1. The second-order valence-electron chi connectivity index (χ2n) is 6.81. The van der Waals surface area contributed by atoms with E-state index >= 15 is 0 Å². The summed E-state index contributed by atoms with van der Waals surface area (Å²) >= 11 is 0. The summed E-state index contributed by atoms with van der Waals surface area (Å²) in [4.78, 5) is 37.0. The molecule has 0 spiro atoms. The third-order valence-electron chi connectivity index (χ3n) is 4.83. The number of imide groups is 1. The van der Waals surface area contributed by atoms with Gasteiger partial charge >= 0.3 is 6.03 Å². The second-order valence-corrected chi connectivity index (χ2v) is 6.81. The van der Waals surface area contributed by atoms with Crippen LogP contribution in [0.4, 0.5) is 10.5 Å². The monoisotopic (exact) mass is 402 g/mol. The first kappa shape index (κ1) is 19.1. The van der Waals surface area contributed by atoms with Gasteiger partial charge in [0.25, 0.3) is 11.6 Å². The van der Waals surface area contributed by atoms with Crippen LogP contribution in [0.15, 0.2) is 78.6 Å². The number of benzene rings is 2. The van der Waals surface area contributed by atoms with E-state index in [-0.39, 0.29) is 24.5 Å². The predicted molar refractivity (Wildman–Crippen MR) is 110 cm³/mol. The van der Waals surface area contributed by atoms with Crippen LogP contribution in [0.5, 0.6) is 0 Å². The highest BCUT2D eigenvalue weighted by Gasteiger charge is 2.33. The Kier molecular flexibility index (Phi) is 5.13. The van der Waals surface area contributed by atoms with E-state index in [1.165, 1.54) is 6.07 Å². The molecule has 1 aromatic heterocycles. The third kappa shape index (κ3) is 3.83. The highest BCUT2D eigenvalue weighted by atomic mass is 16.6. The van der Waals surface area contributed by atoms with Crippen molar-refractivity contribution in [1.82, 2.24) is 14.8 Å². The number of para-hydroxylation sites is 1. The van der Waals surface area contributed by atoms with Crippen molar-refractivity contribution >= 4 is 23.7 Å². The molecule has 3 amide bonds. The number of carbonyl (C=O) groups is 2. The third-order valence-corrected chi connectivity index (χ3v) is 4.83. The van der Waals surface area contributed by atoms with Crippen molar-refractivity contribution in [3.05, 3.63) is 106 Å². The van der Waals surface area contributed by atoms with Crippen LogP contribution in [0, 0.1) is 10.1 Å². The lowest BCUT2D eigenvalue weighted by atomic mass is 10.2. The zero-order valence-corrected chi connectivity index (χ0v) is 15.9. The van der Waals surface area contributed by atoms with Gasteiger partial charge in [0.05, 0.1) is 18.0 Å². The molecule has 3 aromatic rings. The molecule has 2 aromatic carbocycles. The standard InChI is InChI=1S/C22H18N4O4/c27-21-19(23-22(28)25(21)14-16-7-2-1-3-8-16)13-18-10-6-12-24(18)15-17-9-4-5-11-20(17)26(29)30/h1-13H,14-15H2,(H,23,28)/b19-13+. The van der Waals surface area contributed by atoms with E-state index in [2.05, 4.69) is 5.32 Å². The number of urea groups is 1. The van der Waals surface area contributed by atoms with Gasteiger partial charge in [-0.25, -0.2) is 4.79 Å². The highest BCUT2D eigenvalue weighted by Crippen LogP contribution is 2.22. The molecule has 0 bridgehead atoms. The molecule has 0 aliphatic carbocycles. The number of rotatable bonds is 6. The van der Waals surface area contributed by atoms with Gasteiger partial charge in [-0.1, -0.05) is 48.5 Å². The first-order valence-electron chi connectivity index (χ1n) is 9.29. The Morgan fingerprint density at radius 3 is 2.43 bits per heavy atom. The Balaban J connectivity index is 1.57. The van der Waals surface area contributed by atoms with Crippen molar-refractivity contribution in [3.63, 3.8) is 0 Å². The van der Waals surface area contributed by atoms with Gasteiger partial charge < -0.3 is 9.88 Å². The number of hydrogen-bond acceptors (Lipinski definition) is 4. The molecule has 2 heterocycles. The fourth-order valence-electron chi connectivity index (χ4n) is 3.34. The molecule has 1 saturated heterocycles. The zero-order valence-electron chi connectivity index (χ0n) is 15.9. The Labute approximate surface area is 172 Å². The molecule has 8 nitrogen and oxygen atoms in total. The molecule has 1 fully saturated rings. The number of nitrogens with one attached hydrogen (secondary N) is 1. The van der Waals surface area contributed by atoms with Gasteiger partial charge in [0.15, 0.2) is 0 Å². The van der Waals surface area contributed by atoms with Gasteiger partial charge in [0.1, 0.15) is 5.70 Å². The van der Waals surface area contributed by atoms with E-state index in [4.69, 9.17) is 0 Å². The molecule has 1 aliphatic heterocycles. The molecule has 1 aliphatic rings. The summed E-state index contributed by atoms with van der Waals surface area (Å²) < 4.78 is 1.79. The minimum Gasteiger partial charge on any atom is -0.343 e. The average Bonchev–Trinajstić information content (AvgIpc) is 3.28. The molecule has 0 atom stereocenters. The van der Waals surface area contributed by atoms with Crippen molar-refractivity contribution in [2.24, 2.45) is 0 Å². The van der Waals surface area contributed by atoms with Crippen LogP contribution in [0.2, 0.25) is 0 Å². The first-order valence-corrected chi connectivity index (χ1v) is 9.29. The highest BCUT2D eigenvalue weighted by molar-refractivity contribution is 6.13. The summed E-state index contributed by atoms with van der Waals surface area (Å²) in [6, 6.07) is 18.9. The Hall–Kier alpha value is -4.20. The lowest BCUT2D eigenvalue weighted by molar-refractivity contribution is -0.385. The van der Waals surface area contributed by atoms with E-state index in [9.17, 15) is 19.7 Å². The maximum Gasteiger partial charge on any atom is 0.329 e. The van der Waals surface area contributed by atoms with E-state index < -0.39 is 16.9 Å². The topological polar surface area (TPSA) is 97.5 Å². The minimum absolute atomic E-state index is 0.0316. The van der Waals surface area contributed by atoms with Gasteiger partial charge in [-0.15, -0.1) is 0 Å². The van der Waals surface area contributed by atoms with Crippen molar-refractivity contribution < 1.29 is 14.5 Å². The van der Waals surface area contributed by atoms with Crippen molar-refractivity contribution in [1.29, 1.82) is 0 Å². The van der Waals surface area contributed by atoms with Crippen LogP contribution in [0.25, 0.3) is 6.08 Å². The van der Waals surface area contributed by atoms with Crippen molar-refractivity contribution in [3.8, 4) is 0 Å². The average molecular weight is 402 g/mol. The summed E-state index contributed by atoms with van der Waals surface area (Å²) in [7, 11) is 0. The molecule has 150 valence electrons. The van der Waals surface area contributed by atoms with Crippen LogP contribution >= 0.6 is 0 Å². The minimum atomic E-state index is -0.480. The number of aromatic nitrogens is 1.